The second-order valence-electron chi connectivity index (χ2n) is 8.12. The average molecular weight is 322 g/mol. The second kappa shape index (κ2) is 7.52. The van der Waals surface area contributed by atoms with Gasteiger partial charge in [0, 0.05) is 30.5 Å². The van der Waals surface area contributed by atoms with Crippen LogP contribution in [0.2, 0.25) is 0 Å². The number of piperidine rings is 2. The van der Waals surface area contributed by atoms with E-state index in [-0.39, 0.29) is 17.9 Å². The normalized spacial score (nSPS) is 31.7. The smallest absolute Gasteiger partial charge is 0.225 e. The lowest BCUT2D eigenvalue weighted by Crippen LogP contribution is -2.51. The number of carbonyl (C=O) groups is 1. The van der Waals surface area contributed by atoms with E-state index >= 15 is 0 Å². The minimum Gasteiger partial charge on any atom is -0.396 e. The molecule has 0 aromatic carbocycles. The summed E-state index contributed by atoms with van der Waals surface area (Å²) in [6, 6.07) is 0.795. The molecule has 1 unspecified atom stereocenters. The molecule has 1 saturated carbocycles. The minimum absolute atomic E-state index is 0.0432. The third kappa shape index (κ3) is 3.74. The molecule has 0 aromatic heterocycles. The predicted molar refractivity (Wildman–Crippen MR) is 92.2 cm³/mol. The molecule has 132 valence electrons. The number of aliphatic hydroxyl groups is 1. The Morgan fingerprint density at radius 2 is 1.78 bits per heavy atom. The molecule has 0 radical (unpaired) electrons. The van der Waals surface area contributed by atoms with Gasteiger partial charge in [0.05, 0.1) is 6.61 Å². The Hall–Kier alpha value is -0.610. The van der Waals surface area contributed by atoms with Gasteiger partial charge in [0.1, 0.15) is 0 Å². The van der Waals surface area contributed by atoms with Crippen LogP contribution in [0, 0.1) is 11.3 Å². The average Bonchev–Trinajstić information content (AvgIpc) is 3.16. The number of nitrogens with zero attached hydrogens (tertiary/aromatic N) is 2. The molecule has 4 nitrogen and oxygen atoms in total. The van der Waals surface area contributed by atoms with Crippen LogP contribution in [0.4, 0.5) is 0 Å². The SMILES string of the molecule is CCC1(CO)CCCN(C(=O)C2CCN(C3CCCC3)CC2)C1. The van der Waals surface area contributed by atoms with Gasteiger partial charge in [-0.1, -0.05) is 19.8 Å². The van der Waals surface area contributed by atoms with Crippen molar-refractivity contribution in [1.29, 1.82) is 0 Å². The Labute approximate surface area is 141 Å². The molecule has 0 spiro atoms. The summed E-state index contributed by atoms with van der Waals surface area (Å²) in [4.78, 5) is 17.6. The third-order valence-electron chi connectivity index (χ3n) is 6.78. The van der Waals surface area contributed by atoms with E-state index in [9.17, 15) is 9.90 Å². The van der Waals surface area contributed by atoms with E-state index in [0.29, 0.717) is 5.91 Å². The topological polar surface area (TPSA) is 43.8 Å². The van der Waals surface area contributed by atoms with Crippen molar-refractivity contribution in [2.24, 2.45) is 11.3 Å². The fourth-order valence-electron chi connectivity index (χ4n) is 4.96. The maximum Gasteiger partial charge on any atom is 0.225 e. The van der Waals surface area contributed by atoms with Crippen LogP contribution in [-0.4, -0.2) is 59.6 Å². The van der Waals surface area contributed by atoms with Gasteiger partial charge in [0.15, 0.2) is 0 Å². The zero-order valence-corrected chi connectivity index (χ0v) is 14.8. The largest absolute Gasteiger partial charge is 0.396 e. The molecular formula is C19H34N2O2. The predicted octanol–water partition coefficient (Wildman–Crippen LogP) is 2.65. The summed E-state index contributed by atoms with van der Waals surface area (Å²) >= 11 is 0. The third-order valence-corrected chi connectivity index (χ3v) is 6.78. The van der Waals surface area contributed by atoms with E-state index in [2.05, 4.69) is 16.7 Å². The molecule has 23 heavy (non-hydrogen) atoms. The lowest BCUT2D eigenvalue weighted by molar-refractivity contribution is -0.141. The molecule has 2 aliphatic heterocycles. The lowest BCUT2D eigenvalue weighted by atomic mass is 9.78. The van der Waals surface area contributed by atoms with Gasteiger partial charge in [-0.2, -0.15) is 0 Å². The molecule has 1 atom stereocenters. The standard InChI is InChI=1S/C19H34N2O2/c1-2-19(15-22)10-5-11-21(14-19)18(23)16-8-12-20(13-9-16)17-6-3-4-7-17/h16-17,22H,2-15H2,1H3. The molecule has 0 bridgehead atoms. The van der Waals surface area contributed by atoms with Crippen molar-refractivity contribution in [2.45, 2.75) is 70.8 Å². The number of aliphatic hydroxyl groups excluding tert-OH is 1. The number of carbonyl (C=O) groups excluding carboxylic acids is 1. The Kier molecular flexibility index (Phi) is 5.63. The summed E-state index contributed by atoms with van der Waals surface area (Å²) in [6.45, 7) is 6.23. The van der Waals surface area contributed by atoms with Crippen LogP contribution in [0.1, 0.15) is 64.7 Å². The summed E-state index contributed by atoms with van der Waals surface area (Å²) in [5.41, 5.74) is -0.0432. The van der Waals surface area contributed by atoms with Crippen LogP contribution < -0.4 is 0 Å². The number of likely N-dealkylation sites (tertiary alicyclic amines) is 2. The number of hydrogen-bond acceptors (Lipinski definition) is 3. The Morgan fingerprint density at radius 1 is 1.09 bits per heavy atom. The van der Waals surface area contributed by atoms with Gasteiger partial charge in [-0.15, -0.1) is 0 Å². The molecule has 2 heterocycles. The van der Waals surface area contributed by atoms with Crippen molar-refractivity contribution in [3.63, 3.8) is 0 Å². The first kappa shape index (κ1) is 17.2. The Balaban J connectivity index is 1.52. The van der Waals surface area contributed by atoms with E-state index in [4.69, 9.17) is 0 Å². The summed E-state index contributed by atoms with van der Waals surface area (Å²) in [5, 5.41) is 9.76. The molecule has 3 rings (SSSR count). The molecule has 1 N–H and O–H groups in total. The van der Waals surface area contributed by atoms with Crippen LogP contribution in [0.15, 0.2) is 0 Å². The first-order valence-electron chi connectivity index (χ1n) is 9.81. The molecule has 4 heteroatoms. The monoisotopic (exact) mass is 322 g/mol. The van der Waals surface area contributed by atoms with Crippen molar-refractivity contribution in [1.82, 2.24) is 9.80 Å². The zero-order valence-electron chi connectivity index (χ0n) is 14.8. The van der Waals surface area contributed by atoms with Gasteiger partial charge in [0.2, 0.25) is 5.91 Å². The van der Waals surface area contributed by atoms with Gasteiger partial charge in [-0.05, 0) is 58.0 Å². The molecule has 1 amide bonds. The maximum atomic E-state index is 12.9. The van der Waals surface area contributed by atoms with Crippen molar-refractivity contribution >= 4 is 5.91 Å². The van der Waals surface area contributed by atoms with E-state index in [1.165, 1.54) is 25.7 Å². The fraction of sp³-hybridized carbons (Fsp3) is 0.947. The number of rotatable bonds is 4. The summed E-state index contributed by atoms with van der Waals surface area (Å²) in [7, 11) is 0. The first-order chi connectivity index (χ1) is 11.2. The van der Waals surface area contributed by atoms with Gasteiger partial charge >= 0.3 is 0 Å². The molecule has 3 fully saturated rings. The van der Waals surface area contributed by atoms with Crippen LogP contribution >= 0.6 is 0 Å². The number of amides is 1. The first-order valence-corrected chi connectivity index (χ1v) is 9.81. The van der Waals surface area contributed by atoms with Crippen molar-refractivity contribution in [3.8, 4) is 0 Å². The van der Waals surface area contributed by atoms with Gasteiger partial charge in [-0.25, -0.2) is 0 Å². The molecule has 0 aromatic rings. The molecule has 1 aliphatic carbocycles. The highest BCUT2D eigenvalue weighted by molar-refractivity contribution is 5.79. The zero-order chi connectivity index (χ0) is 16.3. The van der Waals surface area contributed by atoms with Crippen molar-refractivity contribution in [2.75, 3.05) is 32.8 Å². The van der Waals surface area contributed by atoms with E-state index in [1.807, 2.05) is 0 Å². The fourth-order valence-corrected chi connectivity index (χ4v) is 4.96. The molecule has 3 aliphatic rings. The Morgan fingerprint density at radius 3 is 2.39 bits per heavy atom. The highest BCUT2D eigenvalue weighted by atomic mass is 16.3. The van der Waals surface area contributed by atoms with Crippen molar-refractivity contribution in [3.05, 3.63) is 0 Å². The highest BCUT2D eigenvalue weighted by Crippen LogP contribution is 2.35. The van der Waals surface area contributed by atoms with Crippen LogP contribution in [0.25, 0.3) is 0 Å². The van der Waals surface area contributed by atoms with Gasteiger partial charge < -0.3 is 14.9 Å². The van der Waals surface area contributed by atoms with Crippen LogP contribution in [0.5, 0.6) is 0 Å². The van der Waals surface area contributed by atoms with Gasteiger partial charge in [-0.3, -0.25) is 4.79 Å². The minimum atomic E-state index is -0.0432. The second-order valence-corrected chi connectivity index (χ2v) is 8.12. The summed E-state index contributed by atoms with van der Waals surface area (Å²) < 4.78 is 0. The summed E-state index contributed by atoms with van der Waals surface area (Å²) in [6.07, 6.45) is 10.6. The van der Waals surface area contributed by atoms with Crippen LogP contribution in [-0.2, 0) is 4.79 Å². The van der Waals surface area contributed by atoms with Crippen LogP contribution in [0.3, 0.4) is 0 Å². The van der Waals surface area contributed by atoms with E-state index in [1.54, 1.807) is 0 Å². The van der Waals surface area contributed by atoms with Gasteiger partial charge in [0.25, 0.3) is 0 Å². The molecule has 2 saturated heterocycles. The van der Waals surface area contributed by atoms with E-state index < -0.39 is 0 Å². The Bertz CT molecular complexity index is 394. The number of hydrogen-bond donors (Lipinski definition) is 1. The van der Waals surface area contributed by atoms with Crippen molar-refractivity contribution < 1.29 is 9.90 Å². The maximum absolute atomic E-state index is 12.9. The molecular weight excluding hydrogens is 288 g/mol. The summed E-state index contributed by atoms with van der Waals surface area (Å²) in [5.74, 6) is 0.584. The highest BCUT2D eigenvalue weighted by Gasteiger charge is 2.38. The quantitative estimate of drug-likeness (QED) is 0.865. The van der Waals surface area contributed by atoms with E-state index in [0.717, 1.165) is 64.3 Å². The lowest BCUT2D eigenvalue weighted by Gasteiger charge is -2.43.